The molecule has 2 amide bonds. The molecule has 6 nitrogen and oxygen atoms in total. The first kappa shape index (κ1) is 21.6. The number of hydrogen-bond acceptors (Lipinski definition) is 4. The first-order valence-corrected chi connectivity index (χ1v) is 10.8. The highest BCUT2D eigenvalue weighted by Gasteiger charge is 2.23. The Kier molecular flexibility index (Phi) is 6.73. The number of carbonyl (C=O) groups excluding carboxylic acids is 2. The van der Waals surface area contributed by atoms with Crippen LogP contribution in [0.4, 0.5) is 10.1 Å². The molecule has 31 heavy (non-hydrogen) atoms. The molecular formula is C23H24ClFN2O4. The van der Waals surface area contributed by atoms with Gasteiger partial charge in [-0.2, -0.15) is 0 Å². The predicted octanol–water partition coefficient (Wildman–Crippen LogP) is 4.91. The normalized spacial score (nSPS) is 16.2. The number of amides is 2. The third kappa shape index (κ3) is 5.17. The van der Waals surface area contributed by atoms with E-state index >= 15 is 0 Å². The van der Waals surface area contributed by atoms with Crippen molar-refractivity contribution in [3.63, 3.8) is 0 Å². The molecular weight excluding hydrogens is 423 g/mol. The smallest absolute Gasteiger partial charge is 0.259 e. The molecule has 2 N–H and O–H groups in total. The average molecular weight is 447 g/mol. The number of benzene rings is 2. The molecule has 4 rings (SSSR count). The zero-order chi connectivity index (χ0) is 21.8. The molecule has 164 valence electrons. The van der Waals surface area contributed by atoms with E-state index in [0.717, 1.165) is 18.9 Å². The van der Waals surface area contributed by atoms with Gasteiger partial charge in [0, 0.05) is 17.1 Å². The van der Waals surface area contributed by atoms with Crippen molar-refractivity contribution in [2.45, 2.75) is 38.7 Å². The average Bonchev–Trinajstić information content (AvgIpc) is 2.78. The van der Waals surface area contributed by atoms with Crippen molar-refractivity contribution >= 4 is 29.1 Å². The lowest BCUT2D eigenvalue weighted by Crippen LogP contribution is -2.31. The quantitative estimate of drug-likeness (QED) is 0.684. The fraction of sp³-hybridized carbons (Fsp3) is 0.391. The van der Waals surface area contributed by atoms with Gasteiger partial charge in [-0.15, -0.1) is 0 Å². The minimum absolute atomic E-state index is 0.0192. The first-order chi connectivity index (χ1) is 15.0. The lowest BCUT2D eigenvalue weighted by Gasteiger charge is -2.22. The molecule has 0 radical (unpaired) electrons. The Morgan fingerprint density at radius 3 is 2.68 bits per heavy atom. The van der Waals surface area contributed by atoms with E-state index in [1.807, 2.05) is 0 Å². The van der Waals surface area contributed by atoms with E-state index in [4.69, 9.17) is 21.1 Å². The highest BCUT2D eigenvalue weighted by atomic mass is 35.5. The number of rotatable bonds is 5. The van der Waals surface area contributed by atoms with Crippen LogP contribution in [0.5, 0.6) is 5.75 Å². The van der Waals surface area contributed by atoms with Gasteiger partial charge in [0.15, 0.2) is 6.79 Å². The number of ether oxygens (including phenoxy) is 2. The molecule has 0 spiro atoms. The highest BCUT2D eigenvalue weighted by molar-refractivity contribution is 6.31. The van der Waals surface area contributed by atoms with Crippen molar-refractivity contribution < 1.29 is 23.5 Å². The Morgan fingerprint density at radius 1 is 1.06 bits per heavy atom. The summed E-state index contributed by atoms with van der Waals surface area (Å²) in [7, 11) is 0. The number of fused-ring (bicyclic) bond motifs is 1. The van der Waals surface area contributed by atoms with Gasteiger partial charge in [-0.05, 0) is 49.1 Å². The van der Waals surface area contributed by atoms with Gasteiger partial charge in [-0.3, -0.25) is 9.59 Å². The summed E-state index contributed by atoms with van der Waals surface area (Å²) < 4.78 is 24.6. The molecule has 0 aromatic heterocycles. The molecule has 0 saturated heterocycles. The van der Waals surface area contributed by atoms with Crippen LogP contribution in [0.2, 0.25) is 5.02 Å². The number of hydrogen-bond donors (Lipinski definition) is 2. The van der Waals surface area contributed by atoms with Crippen LogP contribution in [0, 0.1) is 11.7 Å². The van der Waals surface area contributed by atoms with Crippen LogP contribution in [-0.4, -0.2) is 25.2 Å². The van der Waals surface area contributed by atoms with Gasteiger partial charge in [0.25, 0.3) is 11.8 Å². The topological polar surface area (TPSA) is 76.7 Å². The molecule has 1 saturated carbocycles. The maximum Gasteiger partial charge on any atom is 0.259 e. The van der Waals surface area contributed by atoms with Crippen molar-refractivity contribution in [3.8, 4) is 5.75 Å². The van der Waals surface area contributed by atoms with Crippen molar-refractivity contribution in [1.29, 1.82) is 0 Å². The van der Waals surface area contributed by atoms with Gasteiger partial charge in [0.1, 0.15) is 11.6 Å². The lowest BCUT2D eigenvalue weighted by molar-refractivity contribution is -0.0170. The van der Waals surface area contributed by atoms with Crippen molar-refractivity contribution in [2.75, 3.05) is 18.7 Å². The summed E-state index contributed by atoms with van der Waals surface area (Å²) in [6, 6.07) is 7.04. The third-order valence-electron chi connectivity index (χ3n) is 5.67. The van der Waals surface area contributed by atoms with E-state index in [1.165, 1.54) is 31.4 Å². The van der Waals surface area contributed by atoms with E-state index in [0.29, 0.717) is 28.7 Å². The number of halogens is 2. The fourth-order valence-electron chi connectivity index (χ4n) is 4.08. The Morgan fingerprint density at radius 2 is 1.87 bits per heavy atom. The second-order valence-corrected chi connectivity index (χ2v) is 8.35. The van der Waals surface area contributed by atoms with Gasteiger partial charge < -0.3 is 20.1 Å². The molecule has 1 aliphatic heterocycles. The molecule has 8 heteroatoms. The maximum atomic E-state index is 14.0. The fourth-order valence-corrected chi connectivity index (χ4v) is 4.25. The monoisotopic (exact) mass is 446 g/mol. The van der Waals surface area contributed by atoms with E-state index in [2.05, 4.69) is 10.6 Å². The van der Waals surface area contributed by atoms with Crippen molar-refractivity contribution in [1.82, 2.24) is 5.32 Å². The summed E-state index contributed by atoms with van der Waals surface area (Å²) in [4.78, 5) is 25.8. The van der Waals surface area contributed by atoms with Crippen molar-refractivity contribution in [3.05, 3.63) is 57.9 Å². The van der Waals surface area contributed by atoms with Crippen LogP contribution in [0.3, 0.4) is 0 Å². The molecule has 0 unspecified atom stereocenters. The summed E-state index contributed by atoms with van der Waals surface area (Å²) in [6.07, 6.45) is 5.82. The van der Waals surface area contributed by atoms with Crippen LogP contribution in [0.1, 0.15) is 58.4 Å². The molecule has 2 aromatic rings. The Hall–Kier alpha value is -2.64. The van der Waals surface area contributed by atoms with Crippen LogP contribution < -0.4 is 15.4 Å². The standard InChI is InChI=1S/C23H24ClFN2O4/c24-16-6-7-20(18(9-16)22(28)26-11-14-4-2-1-3-5-14)27-23(29)19-10-17(25)8-15-12-30-13-31-21(15)19/h6-10,14H,1-5,11-13H2,(H,26,28)(H,27,29). The van der Waals surface area contributed by atoms with Crippen LogP contribution in [-0.2, 0) is 11.3 Å². The van der Waals surface area contributed by atoms with Gasteiger partial charge in [0.05, 0.1) is 23.4 Å². The summed E-state index contributed by atoms with van der Waals surface area (Å²) in [6.45, 7) is 0.724. The summed E-state index contributed by atoms with van der Waals surface area (Å²) >= 11 is 6.10. The van der Waals surface area contributed by atoms with E-state index in [-0.39, 0.29) is 36.2 Å². The molecule has 1 heterocycles. The molecule has 2 aromatic carbocycles. The molecule has 1 aliphatic carbocycles. The summed E-state index contributed by atoms with van der Waals surface area (Å²) in [5.74, 6) is -0.717. The van der Waals surface area contributed by atoms with Crippen LogP contribution in [0.25, 0.3) is 0 Å². The van der Waals surface area contributed by atoms with E-state index in [9.17, 15) is 14.0 Å². The first-order valence-electron chi connectivity index (χ1n) is 10.4. The minimum atomic E-state index is -0.582. The lowest BCUT2D eigenvalue weighted by atomic mass is 9.89. The second-order valence-electron chi connectivity index (χ2n) is 7.91. The number of anilines is 1. The van der Waals surface area contributed by atoms with Gasteiger partial charge in [0.2, 0.25) is 0 Å². The van der Waals surface area contributed by atoms with Gasteiger partial charge >= 0.3 is 0 Å². The summed E-state index contributed by atoms with van der Waals surface area (Å²) in [5, 5.41) is 6.04. The van der Waals surface area contributed by atoms with E-state index in [1.54, 1.807) is 12.1 Å². The maximum absolute atomic E-state index is 14.0. The Bertz CT molecular complexity index is 992. The summed E-state index contributed by atoms with van der Waals surface area (Å²) in [5.41, 5.74) is 1.05. The second kappa shape index (κ2) is 9.66. The molecule has 1 fully saturated rings. The van der Waals surface area contributed by atoms with Gasteiger partial charge in [-0.25, -0.2) is 4.39 Å². The largest absolute Gasteiger partial charge is 0.466 e. The SMILES string of the molecule is O=C(NCC1CCCCC1)c1cc(Cl)ccc1NC(=O)c1cc(F)cc2c1OCOC2. The Labute approximate surface area is 185 Å². The van der Waals surface area contributed by atoms with E-state index < -0.39 is 11.7 Å². The van der Waals surface area contributed by atoms with Crippen LogP contribution in [0.15, 0.2) is 30.3 Å². The molecule has 0 bridgehead atoms. The number of carbonyl (C=O) groups is 2. The molecule has 0 atom stereocenters. The number of nitrogens with one attached hydrogen (secondary N) is 2. The molecule has 2 aliphatic rings. The van der Waals surface area contributed by atoms with Gasteiger partial charge in [-0.1, -0.05) is 30.9 Å². The zero-order valence-electron chi connectivity index (χ0n) is 17.0. The Balaban J connectivity index is 1.53. The van der Waals surface area contributed by atoms with Crippen molar-refractivity contribution in [2.24, 2.45) is 5.92 Å². The zero-order valence-corrected chi connectivity index (χ0v) is 17.8. The third-order valence-corrected chi connectivity index (χ3v) is 5.90. The highest BCUT2D eigenvalue weighted by Crippen LogP contribution is 2.31. The minimum Gasteiger partial charge on any atom is -0.466 e. The van der Waals surface area contributed by atoms with Crippen LogP contribution >= 0.6 is 11.6 Å². The predicted molar refractivity (Wildman–Crippen MR) is 115 cm³/mol.